The molecule has 0 unspecified atom stereocenters. The van der Waals surface area contributed by atoms with Gasteiger partial charge >= 0.3 is 0 Å². The highest BCUT2D eigenvalue weighted by Gasteiger charge is 1.99. The monoisotopic (exact) mass is 359 g/mol. The number of para-hydroxylation sites is 1. The van der Waals surface area contributed by atoms with Gasteiger partial charge in [-0.2, -0.15) is 0 Å². The molecule has 0 aliphatic carbocycles. The minimum absolute atomic E-state index is 1.03. The van der Waals surface area contributed by atoms with Crippen LogP contribution in [0.1, 0.15) is 31.9 Å². The molecule has 1 aromatic carbocycles. The van der Waals surface area contributed by atoms with Crippen molar-refractivity contribution >= 4 is 10.9 Å². The fourth-order valence-electron chi connectivity index (χ4n) is 3.06. The third kappa shape index (κ3) is 8.81. The van der Waals surface area contributed by atoms with Gasteiger partial charge in [0.05, 0.1) is 0 Å². The number of aromatic nitrogens is 1. The zero-order chi connectivity index (χ0) is 18.3. The number of aromatic amines is 1. The van der Waals surface area contributed by atoms with E-state index in [9.17, 15) is 0 Å². The second-order valence-electron chi connectivity index (χ2n) is 6.80. The molecule has 0 aliphatic heterocycles. The Labute approximate surface area is 158 Å². The lowest BCUT2D eigenvalue weighted by Crippen LogP contribution is -2.27. The molecule has 5 N–H and O–H groups in total. The van der Waals surface area contributed by atoms with Gasteiger partial charge < -0.3 is 26.3 Å². The van der Waals surface area contributed by atoms with Crippen LogP contribution in [0, 0.1) is 0 Å². The topological polar surface area (TPSA) is 63.9 Å². The highest BCUT2D eigenvalue weighted by atomic mass is 14.9. The molecular formula is C21H37N5. The number of benzene rings is 1. The van der Waals surface area contributed by atoms with Crippen LogP contribution in [0.25, 0.3) is 10.9 Å². The van der Waals surface area contributed by atoms with Gasteiger partial charge in [0.1, 0.15) is 0 Å². The summed E-state index contributed by atoms with van der Waals surface area (Å²) in [5.41, 5.74) is 2.55. The molecule has 2 rings (SSSR count). The van der Waals surface area contributed by atoms with E-state index >= 15 is 0 Å². The van der Waals surface area contributed by atoms with Crippen LogP contribution in [0.4, 0.5) is 0 Å². The largest absolute Gasteiger partial charge is 0.358 e. The SMILES string of the molecule is CCNCCCNCCCNCCCNCCc1cc2ccccc2[nH]1. The summed E-state index contributed by atoms with van der Waals surface area (Å²) >= 11 is 0. The first-order valence-electron chi connectivity index (χ1n) is 10.3. The molecule has 1 aromatic heterocycles. The number of hydrogen-bond donors (Lipinski definition) is 5. The molecule has 5 heteroatoms. The van der Waals surface area contributed by atoms with Crippen LogP contribution in [0.15, 0.2) is 30.3 Å². The van der Waals surface area contributed by atoms with Gasteiger partial charge in [0, 0.05) is 17.8 Å². The summed E-state index contributed by atoms with van der Waals surface area (Å²) in [5.74, 6) is 0. The van der Waals surface area contributed by atoms with Crippen molar-refractivity contribution in [1.82, 2.24) is 26.3 Å². The molecular weight excluding hydrogens is 322 g/mol. The standard InChI is InChI=1S/C21H37N5/c1-2-22-11-5-12-23-13-6-14-24-15-7-16-25-17-10-20-18-19-8-3-4-9-21(19)26-20/h3-4,8-9,18,22-26H,2,5-7,10-17H2,1H3. The Bertz CT molecular complexity index is 548. The quantitative estimate of drug-likeness (QED) is 0.298. The second kappa shape index (κ2) is 13.8. The van der Waals surface area contributed by atoms with Gasteiger partial charge in [0.2, 0.25) is 0 Å². The summed E-state index contributed by atoms with van der Waals surface area (Å²) < 4.78 is 0. The van der Waals surface area contributed by atoms with Crippen LogP contribution in [0.2, 0.25) is 0 Å². The van der Waals surface area contributed by atoms with Crippen LogP contribution in [0.5, 0.6) is 0 Å². The molecule has 0 amide bonds. The Balaban J connectivity index is 1.34. The molecule has 0 aliphatic rings. The number of fused-ring (bicyclic) bond motifs is 1. The second-order valence-corrected chi connectivity index (χ2v) is 6.80. The molecule has 0 radical (unpaired) electrons. The van der Waals surface area contributed by atoms with E-state index in [4.69, 9.17) is 0 Å². The number of hydrogen-bond acceptors (Lipinski definition) is 4. The van der Waals surface area contributed by atoms with Crippen LogP contribution in [-0.2, 0) is 6.42 Å². The van der Waals surface area contributed by atoms with Crippen LogP contribution in [0.3, 0.4) is 0 Å². The molecule has 0 saturated carbocycles. The average molecular weight is 360 g/mol. The van der Waals surface area contributed by atoms with E-state index in [-0.39, 0.29) is 0 Å². The predicted octanol–water partition coefficient (Wildman–Crippen LogP) is 2.26. The first-order valence-corrected chi connectivity index (χ1v) is 10.3. The van der Waals surface area contributed by atoms with Crippen molar-refractivity contribution in [3.05, 3.63) is 36.0 Å². The zero-order valence-corrected chi connectivity index (χ0v) is 16.4. The van der Waals surface area contributed by atoms with Crippen molar-refractivity contribution < 1.29 is 0 Å². The summed E-state index contributed by atoms with van der Waals surface area (Å²) in [4.78, 5) is 3.48. The lowest BCUT2D eigenvalue weighted by Gasteiger charge is -2.07. The van der Waals surface area contributed by atoms with Crippen LogP contribution >= 0.6 is 0 Å². The maximum Gasteiger partial charge on any atom is 0.0456 e. The highest BCUT2D eigenvalue weighted by Crippen LogP contribution is 2.14. The molecule has 0 fully saturated rings. The van der Waals surface area contributed by atoms with E-state index in [2.05, 4.69) is 63.5 Å². The number of rotatable bonds is 16. The van der Waals surface area contributed by atoms with Crippen LogP contribution < -0.4 is 21.3 Å². The lowest BCUT2D eigenvalue weighted by molar-refractivity contribution is 0.554. The predicted molar refractivity (Wildman–Crippen MR) is 113 cm³/mol. The van der Waals surface area contributed by atoms with Gasteiger partial charge in [-0.15, -0.1) is 0 Å². The van der Waals surface area contributed by atoms with E-state index in [0.717, 1.165) is 58.8 Å². The summed E-state index contributed by atoms with van der Waals surface area (Å²) in [7, 11) is 0. The van der Waals surface area contributed by atoms with E-state index < -0.39 is 0 Å². The maximum atomic E-state index is 3.54. The molecule has 0 spiro atoms. The molecule has 26 heavy (non-hydrogen) atoms. The smallest absolute Gasteiger partial charge is 0.0456 e. The Hall–Kier alpha value is -1.40. The summed E-state index contributed by atoms with van der Waals surface area (Å²) in [5, 5.41) is 15.2. The number of H-pyrrole nitrogens is 1. The maximum absolute atomic E-state index is 3.54. The minimum atomic E-state index is 1.03. The van der Waals surface area contributed by atoms with Crippen molar-refractivity contribution in [2.45, 2.75) is 32.6 Å². The van der Waals surface area contributed by atoms with Crippen molar-refractivity contribution in [2.24, 2.45) is 0 Å². The summed E-state index contributed by atoms with van der Waals surface area (Å²) in [6.45, 7) is 10.9. The van der Waals surface area contributed by atoms with E-state index in [0.29, 0.717) is 0 Å². The van der Waals surface area contributed by atoms with Gasteiger partial charge in [-0.1, -0.05) is 25.1 Å². The lowest BCUT2D eigenvalue weighted by atomic mass is 10.2. The molecule has 0 saturated heterocycles. The fourth-order valence-corrected chi connectivity index (χ4v) is 3.06. The molecule has 146 valence electrons. The van der Waals surface area contributed by atoms with Crippen molar-refractivity contribution in [2.75, 3.05) is 52.4 Å². The van der Waals surface area contributed by atoms with Gasteiger partial charge in [-0.05, 0) is 89.0 Å². The molecule has 5 nitrogen and oxygen atoms in total. The third-order valence-electron chi connectivity index (χ3n) is 4.53. The van der Waals surface area contributed by atoms with E-state index in [1.165, 1.54) is 35.9 Å². The molecule has 2 aromatic rings. The third-order valence-corrected chi connectivity index (χ3v) is 4.53. The Morgan fingerprint density at radius 1 is 0.731 bits per heavy atom. The van der Waals surface area contributed by atoms with Crippen molar-refractivity contribution in [3.63, 3.8) is 0 Å². The number of nitrogens with one attached hydrogen (secondary N) is 5. The summed E-state index contributed by atoms with van der Waals surface area (Å²) in [6.07, 6.45) is 4.66. The van der Waals surface area contributed by atoms with Gasteiger partial charge in [0.25, 0.3) is 0 Å². The van der Waals surface area contributed by atoms with Gasteiger partial charge in [-0.25, -0.2) is 0 Å². The van der Waals surface area contributed by atoms with Crippen LogP contribution in [-0.4, -0.2) is 57.3 Å². The summed E-state index contributed by atoms with van der Waals surface area (Å²) in [6, 6.07) is 10.7. The van der Waals surface area contributed by atoms with Gasteiger partial charge in [0.15, 0.2) is 0 Å². The average Bonchev–Trinajstić information content (AvgIpc) is 3.07. The van der Waals surface area contributed by atoms with E-state index in [1.807, 2.05) is 0 Å². The Morgan fingerprint density at radius 2 is 1.31 bits per heavy atom. The minimum Gasteiger partial charge on any atom is -0.358 e. The van der Waals surface area contributed by atoms with Crippen molar-refractivity contribution in [3.8, 4) is 0 Å². The molecule has 0 atom stereocenters. The normalized spacial score (nSPS) is 11.4. The van der Waals surface area contributed by atoms with Crippen molar-refractivity contribution in [1.29, 1.82) is 0 Å². The van der Waals surface area contributed by atoms with Gasteiger partial charge in [-0.3, -0.25) is 0 Å². The Morgan fingerprint density at radius 3 is 1.92 bits per heavy atom. The molecule has 0 bridgehead atoms. The first kappa shape index (κ1) is 20.9. The first-order chi connectivity index (χ1) is 12.9. The highest BCUT2D eigenvalue weighted by molar-refractivity contribution is 5.80. The zero-order valence-electron chi connectivity index (χ0n) is 16.4. The molecule has 1 heterocycles. The fraction of sp³-hybridized carbons (Fsp3) is 0.619. The van der Waals surface area contributed by atoms with E-state index in [1.54, 1.807) is 0 Å². The Kier molecular flexibility index (Phi) is 11.1.